The minimum atomic E-state index is -4.41. The third-order valence-electron chi connectivity index (χ3n) is 10.8. The first kappa shape index (κ1) is 48.1. The summed E-state index contributed by atoms with van der Waals surface area (Å²) in [6, 6.07) is 0. The summed E-state index contributed by atoms with van der Waals surface area (Å²) in [4.78, 5) is 84.7. The molecule has 12 atom stereocenters. The number of thiol groups is 1. The van der Waals surface area contributed by atoms with Crippen molar-refractivity contribution in [3.8, 4) is 0 Å². The van der Waals surface area contributed by atoms with E-state index in [2.05, 4.69) is 47.1 Å². The summed E-state index contributed by atoms with van der Waals surface area (Å²) >= 11 is 14.6. The van der Waals surface area contributed by atoms with Crippen molar-refractivity contribution in [1.29, 1.82) is 0 Å². The highest BCUT2D eigenvalue weighted by atomic mass is 32.7. The number of aromatic amines is 2. The topological polar surface area (TPSA) is 355 Å². The molecule has 0 saturated carbocycles. The van der Waals surface area contributed by atoms with Crippen LogP contribution in [0.15, 0.2) is 39.6 Å². The van der Waals surface area contributed by atoms with Crippen molar-refractivity contribution in [2.24, 2.45) is 5.92 Å². The molecule has 0 spiro atoms. The van der Waals surface area contributed by atoms with Crippen molar-refractivity contribution in [3.63, 3.8) is 0 Å². The van der Waals surface area contributed by atoms with Crippen LogP contribution in [-0.2, 0) is 69.5 Å². The quantitative estimate of drug-likeness (QED) is 0.0511. The largest absolute Gasteiger partial charge is 0.386 e. The van der Waals surface area contributed by atoms with Crippen molar-refractivity contribution >= 4 is 90.2 Å². The van der Waals surface area contributed by atoms with Gasteiger partial charge in [0.15, 0.2) is 22.6 Å². The lowest BCUT2D eigenvalue weighted by Gasteiger charge is -2.26. The summed E-state index contributed by atoms with van der Waals surface area (Å²) in [6.07, 6.45) is -1.85. The van der Waals surface area contributed by atoms with E-state index in [1.54, 1.807) is 10.9 Å². The van der Waals surface area contributed by atoms with Gasteiger partial charge in [0.25, 0.3) is 11.1 Å². The van der Waals surface area contributed by atoms with E-state index in [9.17, 15) is 28.7 Å². The molecule has 8 N–H and O–H groups in total. The standard InChI is InChI=1S/C32H43N12O15P3S3/c1-14-4-21(43-12-37-24-26(33)35-11-36-27(24)43)55-18(14)8-53-61(49,64)58-16-5-22(42-7-15(2)29(45)41-32(42)47)56-20(16)10-54-62(50,65)59-17-6-23(57-19(17)9-52-60(48,63)51-3)44-13-38-25-28(44)39-31(34)40-30(25)46/h7,11-14,16-23H,4-6,8-10H2,1-3H3,(H,48,63)(H,49,64)(H,50,65)(H2,33,35,36)(H,41,45,47)(H3,34,39,40,46)/t14-,16-,17-,18-,19-,20-,21-,22-,23-,60?,61?,62?/m1/s1. The minimum absolute atomic E-state index is 0.0325. The van der Waals surface area contributed by atoms with E-state index in [1.165, 1.54) is 30.3 Å². The van der Waals surface area contributed by atoms with Gasteiger partial charge in [-0.3, -0.25) is 42.3 Å². The van der Waals surface area contributed by atoms with Gasteiger partial charge in [0.1, 0.15) is 48.8 Å². The molecule has 0 radical (unpaired) electrons. The Morgan fingerprint density at radius 2 is 1.38 bits per heavy atom. The van der Waals surface area contributed by atoms with E-state index in [-0.39, 0.29) is 53.9 Å². The molecule has 3 unspecified atom stereocenters. The van der Waals surface area contributed by atoms with Gasteiger partial charge in [-0.25, -0.2) is 29.3 Å². The molecule has 27 nitrogen and oxygen atoms in total. The van der Waals surface area contributed by atoms with Gasteiger partial charge in [-0.15, -0.1) is 0 Å². The van der Waals surface area contributed by atoms with Gasteiger partial charge >= 0.3 is 25.9 Å². The Hall–Kier alpha value is -3.38. The number of ether oxygens (including phenoxy) is 3. The lowest BCUT2D eigenvalue weighted by molar-refractivity contribution is -0.0498. The van der Waals surface area contributed by atoms with E-state index in [0.717, 1.165) is 11.7 Å². The summed E-state index contributed by atoms with van der Waals surface area (Å²) in [5, 5.41) is 0. The first-order valence-electron chi connectivity index (χ1n) is 19.5. The number of nitrogen functional groups attached to an aromatic ring is 2. The van der Waals surface area contributed by atoms with Crippen molar-refractivity contribution in [3.05, 3.63) is 61.9 Å². The van der Waals surface area contributed by atoms with Crippen LogP contribution in [0.2, 0.25) is 0 Å². The second kappa shape index (κ2) is 19.0. The number of aryl methyl sites for hydroxylation is 1. The number of aromatic nitrogens is 10. The number of nitrogens with two attached hydrogens (primary N) is 2. The van der Waals surface area contributed by atoms with Gasteiger partial charge in [-0.1, -0.05) is 19.2 Å². The third kappa shape index (κ3) is 10.7. The van der Waals surface area contributed by atoms with Gasteiger partial charge in [0.05, 0.1) is 44.7 Å². The smallest absolute Gasteiger partial charge is 0.382 e. The fourth-order valence-corrected chi connectivity index (χ4v) is 11.1. The van der Waals surface area contributed by atoms with E-state index in [1.807, 2.05) is 6.92 Å². The van der Waals surface area contributed by atoms with E-state index in [0.29, 0.717) is 17.6 Å². The summed E-state index contributed by atoms with van der Waals surface area (Å²) in [7, 11) is 1.16. The van der Waals surface area contributed by atoms with E-state index < -0.39 is 99.5 Å². The van der Waals surface area contributed by atoms with Gasteiger partial charge in [-0.2, -0.15) is 4.98 Å². The first-order chi connectivity index (χ1) is 30.7. The molecule has 0 amide bonds. The molecule has 3 saturated heterocycles. The van der Waals surface area contributed by atoms with Crippen LogP contribution >= 0.6 is 32.5 Å². The third-order valence-corrected chi connectivity index (χ3v) is 15.7. The molecule has 354 valence electrons. The molecule has 0 aliphatic carbocycles. The molecule has 0 bridgehead atoms. The minimum Gasteiger partial charge on any atom is -0.382 e. The number of hydrogen-bond donors (Lipinski definition) is 7. The maximum Gasteiger partial charge on any atom is 0.386 e. The Morgan fingerprint density at radius 1 is 0.800 bits per heavy atom. The molecule has 65 heavy (non-hydrogen) atoms. The van der Waals surface area contributed by atoms with Gasteiger partial charge in [0.2, 0.25) is 5.95 Å². The number of rotatable bonds is 17. The maximum atomic E-state index is 14.0. The summed E-state index contributed by atoms with van der Waals surface area (Å²) in [6.45, 7) is -9.96. The molecule has 3 aliphatic rings. The molecular formula is C32H43N12O15P3S3. The van der Waals surface area contributed by atoms with Crippen LogP contribution in [0.3, 0.4) is 0 Å². The Bertz CT molecular complexity index is 2920. The van der Waals surface area contributed by atoms with Gasteiger partial charge < -0.3 is 53.6 Å². The SMILES string of the molecule is COP(O)(=S)OC[C@H]1O[C@@H](n2cnc3c(=O)[nH]c(N)nc32)C[C@H]1OP(=O)(S)OC[C@H]1O[C@@H](n2cc(C)c(=O)[nH]c2=O)C[C@H]1OP(O)(=S)OC[C@H]1O[C@@H](n2cnc3c(N)ncnc32)C[C@H]1C. The van der Waals surface area contributed by atoms with Crippen LogP contribution in [0.5, 0.6) is 0 Å². The molecule has 3 fully saturated rings. The van der Waals surface area contributed by atoms with Gasteiger partial charge in [-0.05, 0) is 42.9 Å². The summed E-state index contributed by atoms with van der Waals surface area (Å²) in [5.41, 5.74) is 10.9. The summed E-state index contributed by atoms with van der Waals surface area (Å²) in [5.74, 6) is -0.0411. The average Bonchev–Trinajstić information content (AvgIpc) is 4.08. The number of nitrogens with one attached hydrogen (secondary N) is 2. The number of anilines is 2. The van der Waals surface area contributed by atoms with Gasteiger partial charge in [0, 0.05) is 31.7 Å². The van der Waals surface area contributed by atoms with Crippen molar-refractivity contribution in [2.75, 3.05) is 38.4 Å². The number of H-pyrrole nitrogens is 2. The highest BCUT2D eigenvalue weighted by Gasteiger charge is 2.46. The zero-order valence-corrected chi connectivity index (χ0v) is 39.5. The Labute approximate surface area is 381 Å². The molecule has 3 aliphatic heterocycles. The summed E-state index contributed by atoms with van der Waals surface area (Å²) < 4.78 is 70.6. The predicted octanol–water partition coefficient (Wildman–Crippen LogP) is 1.42. The zero-order valence-electron chi connectivity index (χ0n) is 34.3. The second-order valence-corrected chi connectivity index (χ2v) is 23.8. The van der Waals surface area contributed by atoms with Crippen LogP contribution in [0, 0.1) is 12.8 Å². The lowest BCUT2D eigenvalue weighted by atomic mass is 10.0. The van der Waals surface area contributed by atoms with Crippen LogP contribution < -0.4 is 28.3 Å². The van der Waals surface area contributed by atoms with E-state index >= 15 is 0 Å². The second-order valence-electron chi connectivity index (χ2n) is 15.2. The Kier molecular flexibility index (Phi) is 14.0. The molecular weight excluding hydrogens is 982 g/mol. The highest BCUT2D eigenvalue weighted by Crippen LogP contribution is 2.57. The number of hydrogen-bond acceptors (Lipinski definition) is 22. The predicted molar refractivity (Wildman–Crippen MR) is 237 cm³/mol. The normalized spacial score (nSPS) is 28.7. The Balaban J connectivity index is 0.964. The van der Waals surface area contributed by atoms with Crippen molar-refractivity contribution < 1.29 is 55.7 Å². The van der Waals surface area contributed by atoms with E-state index in [4.69, 9.17) is 76.4 Å². The molecule has 0 aromatic carbocycles. The molecule has 5 aromatic rings. The monoisotopic (exact) mass is 1020 g/mol. The maximum absolute atomic E-state index is 14.0. The first-order valence-corrected chi connectivity index (χ1v) is 27.4. The number of fused-ring (bicyclic) bond motifs is 2. The Morgan fingerprint density at radius 3 is 2.09 bits per heavy atom. The van der Waals surface area contributed by atoms with Crippen molar-refractivity contribution in [2.45, 2.75) is 82.3 Å². The average molecular weight is 1020 g/mol. The van der Waals surface area contributed by atoms with Crippen LogP contribution in [0.1, 0.15) is 50.4 Å². The van der Waals surface area contributed by atoms with Crippen LogP contribution in [0.25, 0.3) is 22.3 Å². The molecule has 8 heterocycles. The fraction of sp³-hybridized carbons (Fsp3) is 0.562. The fourth-order valence-electron chi connectivity index (χ4n) is 7.50. The zero-order chi connectivity index (χ0) is 46.6. The van der Waals surface area contributed by atoms with Crippen molar-refractivity contribution in [1.82, 2.24) is 48.6 Å². The molecule has 33 heteroatoms. The van der Waals surface area contributed by atoms with Crippen LogP contribution in [-0.4, -0.2) is 116 Å². The van der Waals surface area contributed by atoms with Crippen LogP contribution in [0.4, 0.5) is 11.8 Å². The number of nitrogens with zero attached hydrogens (tertiary/aromatic N) is 8. The highest BCUT2D eigenvalue weighted by molar-refractivity contribution is 8.44. The molecule has 8 rings (SSSR count). The molecule has 5 aromatic heterocycles. The number of imidazole rings is 2. The lowest BCUT2D eigenvalue weighted by Crippen LogP contribution is -2.33.